The maximum absolute atomic E-state index is 5.81. The third-order valence-corrected chi connectivity index (χ3v) is 3.74. The first-order valence-corrected chi connectivity index (χ1v) is 7.62. The summed E-state index contributed by atoms with van der Waals surface area (Å²) in [5.41, 5.74) is 1.04. The van der Waals surface area contributed by atoms with Gasteiger partial charge in [-0.25, -0.2) is 0 Å². The minimum absolute atomic E-state index is 0.179. The molecule has 2 atom stereocenters. The van der Waals surface area contributed by atoms with E-state index >= 15 is 0 Å². The monoisotopic (exact) mass is 287 g/mol. The lowest BCUT2D eigenvalue weighted by molar-refractivity contribution is 0.0833. The lowest BCUT2D eigenvalue weighted by Crippen LogP contribution is -2.27. The largest absolute Gasteiger partial charge is 0.366 e. The molecule has 1 aromatic heterocycles. The number of benzene rings is 1. The van der Waals surface area contributed by atoms with Crippen LogP contribution >= 0.6 is 0 Å². The van der Waals surface area contributed by atoms with E-state index in [1.54, 1.807) is 0 Å². The van der Waals surface area contributed by atoms with Gasteiger partial charge in [-0.3, -0.25) is 0 Å². The molecule has 2 heterocycles. The molecule has 2 aromatic rings. The summed E-state index contributed by atoms with van der Waals surface area (Å²) in [5.74, 6) is 1.27. The molecule has 3 rings (SSSR count). The van der Waals surface area contributed by atoms with Gasteiger partial charge in [0.15, 0.2) is 0 Å². The first-order chi connectivity index (χ1) is 10.4. The van der Waals surface area contributed by atoms with Crippen molar-refractivity contribution >= 4 is 0 Å². The van der Waals surface area contributed by atoms with Crippen LogP contribution in [0.2, 0.25) is 0 Å². The fourth-order valence-corrected chi connectivity index (χ4v) is 2.67. The molecule has 0 spiro atoms. The number of aromatic nitrogens is 2. The summed E-state index contributed by atoms with van der Waals surface area (Å²) in [4.78, 5) is 4.56. The van der Waals surface area contributed by atoms with Crippen molar-refractivity contribution in [2.75, 3.05) is 13.2 Å². The summed E-state index contributed by atoms with van der Waals surface area (Å²) < 4.78 is 11.3. The molecular formula is C16H21N3O2. The summed E-state index contributed by atoms with van der Waals surface area (Å²) in [7, 11) is 0. The molecule has 0 amide bonds. The fourth-order valence-electron chi connectivity index (χ4n) is 2.67. The van der Waals surface area contributed by atoms with Gasteiger partial charge in [0.2, 0.25) is 11.7 Å². The van der Waals surface area contributed by atoms with Crippen LogP contribution in [0.1, 0.15) is 55.6 Å². The van der Waals surface area contributed by atoms with Crippen molar-refractivity contribution < 1.29 is 9.26 Å². The van der Waals surface area contributed by atoms with E-state index in [1.165, 1.54) is 12.8 Å². The Morgan fingerprint density at radius 2 is 2.19 bits per heavy atom. The highest BCUT2D eigenvalue weighted by Gasteiger charge is 2.25. The molecule has 1 aliphatic heterocycles. The van der Waals surface area contributed by atoms with Gasteiger partial charge in [-0.2, -0.15) is 4.98 Å². The zero-order valence-electron chi connectivity index (χ0n) is 12.3. The van der Waals surface area contributed by atoms with Gasteiger partial charge in [0, 0.05) is 6.61 Å². The third kappa shape index (κ3) is 3.31. The molecule has 0 saturated carbocycles. The number of piperidine rings is 1. The van der Waals surface area contributed by atoms with E-state index in [2.05, 4.69) is 15.5 Å². The molecule has 21 heavy (non-hydrogen) atoms. The van der Waals surface area contributed by atoms with Crippen molar-refractivity contribution in [3.63, 3.8) is 0 Å². The predicted octanol–water partition coefficient (Wildman–Crippen LogP) is 3.01. The molecule has 1 aliphatic rings. The molecule has 0 aliphatic carbocycles. The molecule has 112 valence electrons. The van der Waals surface area contributed by atoms with E-state index in [0.29, 0.717) is 18.3 Å². The first kappa shape index (κ1) is 14.2. The van der Waals surface area contributed by atoms with Crippen LogP contribution in [-0.4, -0.2) is 23.3 Å². The van der Waals surface area contributed by atoms with Crippen LogP contribution in [0.4, 0.5) is 0 Å². The zero-order valence-corrected chi connectivity index (χ0v) is 12.3. The summed E-state index contributed by atoms with van der Waals surface area (Å²) in [6.07, 6.45) is 3.19. The van der Waals surface area contributed by atoms with Crippen LogP contribution in [-0.2, 0) is 4.74 Å². The van der Waals surface area contributed by atoms with Crippen molar-refractivity contribution in [2.45, 2.75) is 38.3 Å². The summed E-state index contributed by atoms with van der Waals surface area (Å²) in [6.45, 7) is 3.58. The standard InChI is InChI=1S/C16H21N3O2/c1-2-20-14(12-8-4-3-5-9-12)15-18-16(21-19-15)13-10-6-7-11-17-13/h3-5,8-9,13-14,17H,2,6-7,10-11H2,1H3. The van der Waals surface area contributed by atoms with E-state index in [4.69, 9.17) is 9.26 Å². The smallest absolute Gasteiger partial charge is 0.243 e. The van der Waals surface area contributed by atoms with Crippen LogP contribution in [0.15, 0.2) is 34.9 Å². The Hall–Kier alpha value is -1.72. The van der Waals surface area contributed by atoms with E-state index in [1.807, 2.05) is 37.3 Å². The van der Waals surface area contributed by atoms with Gasteiger partial charge in [-0.05, 0) is 31.9 Å². The quantitative estimate of drug-likeness (QED) is 0.916. The molecule has 0 radical (unpaired) electrons. The number of rotatable bonds is 5. The fraction of sp³-hybridized carbons (Fsp3) is 0.500. The lowest BCUT2D eigenvalue weighted by atomic mass is 10.1. The van der Waals surface area contributed by atoms with Crippen LogP contribution in [0.5, 0.6) is 0 Å². The van der Waals surface area contributed by atoms with Crippen molar-refractivity contribution in [3.8, 4) is 0 Å². The lowest BCUT2D eigenvalue weighted by Gasteiger charge is -2.19. The van der Waals surface area contributed by atoms with E-state index in [9.17, 15) is 0 Å². The number of hydrogen-bond acceptors (Lipinski definition) is 5. The third-order valence-electron chi connectivity index (χ3n) is 3.74. The molecular weight excluding hydrogens is 266 g/mol. The van der Waals surface area contributed by atoms with Crippen LogP contribution in [0.3, 0.4) is 0 Å². The van der Waals surface area contributed by atoms with Crippen molar-refractivity contribution in [3.05, 3.63) is 47.6 Å². The van der Waals surface area contributed by atoms with Gasteiger partial charge >= 0.3 is 0 Å². The Kier molecular flexibility index (Phi) is 4.62. The summed E-state index contributed by atoms with van der Waals surface area (Å²) in [5, 5.41) is 7.56. The minimum Gasteiger partial charge on any atom is -0.366 e. The number of nitrogens with one attached hydrogen (secondary N) is 1. The highest BCUT2D eigenvalue weighted by Crippen LogP contribution is 2.27. The normalized spacial score (nSPS) is 20.3. The molecule has 5 heteroatoms. The number of ether oxygens (including phenoxy) is 1. The second-order valence-electron chi connectivity index (χ2n) is 5.24. The van der Waals surface area contributed by atoms with Gasteiger partial charge < -0.3 is 14.6 Å². The molecule has 1 N–H and O–H groups in total. The van der Waals surface area contributed by atoms with E-state index in [0.717, 1.165) is 18.5 Å². The SMILES string of the molecule is CCOC(c1ccccc1)c1noc(C2CCCCN2)n1. The molecule has 0 bridgehead atoms. The van der Waals surface area contributed by atoms with Crippen molar-refractivity contribution in [2.24, 2.45) is 0 Å². The summed E-state index contributed by atoms with van der Waals surface area (Å²) in [6, 6.07) is 10.2. The topological polar surface area (TPSA) is 60.2 Å². The van der Waals surface area contributed by atoms with Crippen molar-refractivity contribution in [1.29, 1.82) is 0 Å². The molecule has 5 nitrogen and oxygen atoms in total. The Bertz CT molecular complexity index is 550. The molecule has 1 aromatic carbocycles. The average Bonchev–Trinajstić information content (AvgIpc) is 3.04. The van der Waals surface area contributed by atoms with Crippen molar-refractivity contribution in [1.82, 2.24) is 15.5 Å². The molecule has 1 fully saturated rings. The number of hydrogen-bond donors (Lipinski definition) is 1. The zero-order chi connectivity index (χ0) is 14.5. The van der Waals surface area contributed by atoms with Gasteiger partial charge in [-0.15, -0.1) is 0 Å². The second kappa shape index (κ2) is 6.83. The Morgan fingerprint density at radius 3 is 2.90 bits per heavy atom. The highest BCUT2D eigenvalue weighted by molar-refractivity contribution is 5.22. The summed E-state index contributed by atoms with van der Waals surface area (Å²) >= 11 is 0. The van der Waals surface area contributed by atoms with Crippen LogP contribution < -0.4 is 5.32 Å². The highest BCUT2D eigenvalue weighted by atomic mass is 16.5. The van der Waals surface area contributed by atoms with E-state index in [-0.39, 0.29) is 12.1 Å². The van der Waals surface area contributed by atoms with Gasteiger partial charge in [0.25, 0.3) is 0 Å². The van der Waals surface area contributed by atoms with Gasteiger partial charge in [0.1, 0.15) is 6.10 Å². The minimum atomic E-state index is -0.266. The van der Waals surface area contributed by atoms with Gasteiger partial charge in [0.05, 0.1) is 6.04 Å². The first-order valence-electron chi connectivity index (χ1n) is 7.62. The number of nitrogens with zero attached hydrogens (tertiary/aromatic N) is 2. The molecule has 2 unspecified atom stereocenters. The van der Waals surface area contributed by atoms with Crippen LogP contribution in [0, 0.1) is 0 Å². The molecule has 1 saturated heterocycles. The Balaban J connectivity index is 1.81. The Labute approximate surface area is 124 Å². The second-order valence-corrected chi connectivity index (χ2v) is 5.24. The van der Waals surface area contributed by atoms with E-state index < -0.39 is 0 Å². The average molecular weight is 287 g/mol. The van der Waals surface area contributed by atoms with Gasteiger partial charge in [-0.1, -0.05) is 41.9 Å². The predicted molar refractivity (Wildman–Crippen MR) is 78.8 cm³/mol. The Morgan fingerprint density at radius 1 is 1.33 bits per heavy atom. The maximum atomic E-state index is 5.81. The van der Waals surface area contributed by atoms with Crippen LogP contribution in [0.25, 0.3) is 0 Å². The maximum Gasteiger partial charge on any atom is 0.243 e.